The number of amides is 2. The van der Waals surface area contributed by atoms with Gasteiger partial charge in [0.2, 0.25) is 0 Å². The van der Waals surface area contributed by atoms with Gasteiger partial charge in [0.15, 0.2) is 0 Å². The molecule has 0 radical (unpaired) electrons. The van der Waals surface area contributed by atoms with E-state index in [9.17, 15) is 9.59 Å². The second-order valence-corrected chi connectivity index (χ2v) is 1.55. The Hall–Kier alpha value is -0.160. The monoisotopic (exact) mass is 137 g/mol. The maximum Gasteiger partial charge on any atom is 0.283 e. The van der Waals surface area contributed by atoms with Crippen LogP contribution in [0.4, 0.5) is 9.59 Å². The molecule has 3 nitrogen and oxygen atoms in total. The molecule has 0 saturated carbocycles. The van der Waals surface area contributed by atoms with E-state index in [0.717, 1.165) is 0 Å². The number of carbonyl (C=O) groups is 2. The predicted molar refractivity (Wildman–Crippen MR) is 31.9 cm³/mol. The first-order chi connectivity index (χ1) is 3.13. The van der Waals surface area contributed by atoms with Crippen LogP contribution in [-0.2, 0) is 0 Å². The SMILES string of the molecule is O=C(S)NC(=O)S. The lowest BCUT2D eigenvalue weighted by atomic mass is 11.2. The molecule has 0 aromatic heterocycles. The van der Waals surface area contributed by atoms with Gasteiger partial charge in [0.1, 0.15) is 0 Å². The van der Waals surface area contributed by atoms with Crippen LogP contribution in [0.3, 0.4) is 0 Å². The molecule has 0 atom stereocenters. The van der Waals surface area contributed by atoms with E-state index in [1.165, 1.54) is 0 Å². The second-order valence-electron chi connectivity index (χ2n) is 0.735. The average molecular weight is 137 g/mol. The Bertz CT molecular complexity index is 89.9. The van der Waals surface area contributed by atoms with Crippen molar-refractivity contribution in [2.24, 2.45) is 0 Å². The fraction of sp³-hybridized carbons (Fsp3) is 0. The van der Waals surface area contributed by atoms with Gasteiger partial charge in [-0.1, -0.05) is 25.3 Å². The van der Waals surface area contributed by atoms with Gasteiger partial charge >= 0.3 is 0 Å². The smallest absolute Gasteiger partial charge is 0.278 e. The van der Waals surface area contributed by atoms with Crippen LogP contribution in [0.15, 0.2) is 0 Å². The summed E-state index contributed by atoms with van der Waals surface area (Å²) in [7, 11) is 0. The highest BCUT2D eigenvalue weighted by Crippen LogP contribution is 1.79. The fourth-order valence-electron chi connectivity index (χ4n) is 0.0915. The first-order valence-corrected chi connectivity index (χ1v) is 2.25. The highest BCUT2D eigenvalue weighted by molar-refractivity contribution is 7.98. The lowest BCUT2D eigenvalue weighted by molar-refractivity contribution is 0.250. The van der Waals surface area contributed by atoms with Crippen molar-refractivity contribution >= 4 is 35.7 Å². The third kappa shape index (κ3) is 5.84. The van der Waals surface area contributed by atoms with E-state index >= 15 is 0 Å². The second kappa shape index (κ2) is 2.92. The van der Waals surface area contributed by atoms with Gasteiger partial charge in [0.25, 0.3) is 10.5 Å². The van der Waals surface area contributed by atoms with Crippen molar-refractivity contribution < 1.29 is 9.59 Å². The lowest BCUT2D eigenvalue weighted by Crippen LogP contribution is -2.18. The van der Waals surface area contributed by atoms with Crippen LogP contribution in [0.2, 0.25) is 0 Å². The zero-order chi connectivity index (χ0) is 5.86. The molecule has 40 valence electrons. The number of carbonyl (C=O) groups excluding carboxylic acids is 2. The first-order valence-electron chi connectivity index (χ1n) is 1.36. The third-order valence-corrected chi connectivity index (χ3v) is 0.437. The predicted octanol–water partition coefficient (Wildman–Crippen LogP) is 0.676. The zero-order valence-electron chi connectivity index (χ0n) is 3.21. The number of hydrogen-bond acceptors (Lipinski definition) is 2. The van der Waals surface area contributed by atoms with Gasteiger partial charge in [-0.2, -0.15) is 0 Å². The molecule has 0 unspecified atom stereocenters. The van der Waals surface area contributed by atoms with Crippen LogP contribution in [-0.4, -0.2) is 10.5 Å². The number of rotatable bonds is 0. The Balaban J connectivity index is 3.32. The van der Waals surface area contributed by atoms with Gasteiger partial charge in [0, 0.05) is 0 Å². The summed E-state index contributed by atoms with van der Waals surface area (Å²) in [5, 5.41) is 0.367. The molecular formula is C2H3NO2S2. The topological polar surface area (TPSA) is 46.2 Å². The van der Waals surface area contributed by atoms with Crippen LogP contribution < -0.4 is 5.32 Å². The summed E-state index contributed by atoms with van der Waals surface area (Å²) in [6.45, 7) is 0. The number of thiol groups is 2. The molecule has 0 spiro atoms. The van der Waals surface area contributed by atoms with E-state index in [-0.39, 0.29) is 0 Å². The summed E-state index contributed by atoms with van der Waals surface area (Å²) >= 11 is 6.44. The largest absolute Gasteiger partial charge is 0.283 e. The van der Waals surface area contributed by atoms with Gasteiger partial charge in [-0.15, -0.1) is 0 Å². The van der Waals surface area contributed by atoms with Crippen molar-refractivity contribution in [3.05, 3.63) is 0 Å². The average Bonchev–Trinajstić information content (AvgIpc) is 1.27. The molecule has 0 bridgehead atoms. The summed E-state index contributed by atoms with van der Waals surface area (Å²) in [4.78, 5) is 19.5. The van der Waals surface area contributed by atoms with E-state index in [4.69, 9.17) is 0 Å². The highest BCUT2D eigenvalue weighted by Gasteiger charge is 1.92. The molecule has 0 aromatic carbocycles. The Morgan fingerprint density at radius 1 is 1.14 bits per heavy atom. The normalized spacial score (nSPS) is 7.71. The van der Waals surface area contributed by atoms with Gasteiger partial charge < -0.3 is 0 Å². The van der Waals surface area contributed by atoms with Crippen LogP contribution in [0.25, 0.3) is 0 Å². The molecule has 0 aliphatic heterocycles. The number of nitrogens with one attached hydrogen (secondary N) is 1. The molecule has 0 rings (SSSR count). The van der Waals surface area contributed by atoms with Crippen molar-refractivity contribution in [2.45, 2.75) is 0 Å². The van der Waals surface area contributed by atoms with E-state index in [1.54, 1.807) is 5.32 Å². The molecule has 0 aliphatic rings. The molecule has 0 heterocycles. The molecule has 5 heteroatoms. The summed E-state index contributed by atoms with van der Waals surface area (Å²) in [5.41, 5.74) is 0. The van der Waals surface area contributed by atoms with E-state index < -0.39 is 10.5 Å². The summed E-state index contributed by atoms with van der Waals surface area (Å²) in [6.07, 6.45) is 0. The fourth-order valence-corrected chi connectivity index (χ4v) is 0.383. The van der Waals surface area contributed by atoms with Crippen LogP contribution >= 0.6 is 25.3 Å². The lowest BCUT2D eigenvalue weighted by Gasteiger charge is -1.86. The Kier molecular flexibility index (Phi) is 2.86. The van der Waals surface area contributed by atoms with Crippen molar-refractivity contribution in [3.63, 3.8) is 0 Å². The molecule has 0 saturated heterocycles. The highest BCUT2D eigenvalue weighted by atomic mass is 32.1. The minimum Gasteiger partial charge on any atom is -0.278 e. The van der Waals surface area contributed by atoms with Crippen molar-refractivity contribution in [1.29, 1.82) is 0 Å². The number of hydrogen-bond donors (Lipinski definition) is 3. The first kappa shape index (κ1) is 6.84. The Morgan fingerprint density at radius 2 is 1.43 bits per heavy atom. The van der Waals surface area contributed by atoms with Crippen molar-refractivity contribution in [3.8, 4) is 0 Å². The molecule has 0 aliphatic carbocycles. The standard InChI is InChI=1S/C2H3NO2S2/c4-1(6)3-2(5)7/h(H3,3,4,5,6,7). The molecule has 0 fully saturated rings. The van der Waals surface area contributed by atoms with Crippen molar-refractivity contribution in [2.75, 3.05) is 0 Å². The molecule has 2 amide bonds. The quantitative estimate of drug-likeness (QED) is 0.430. The van der Waals surface area contributed by atoms with Crippen molar-refractivity contribution in [1.82, 2.24) is 5.32 Å². The van der Waals surface area contributed by atoms with Crippen LogP contribution in [0.1, 0.15) is 0 Å². The molecule has 7 heavy (non-hydrogen) atoms. The summed E-state index contributed by atoms with van der Waals surface area (Å²) in [6, 6.07) is 0. The van der Waals surface area contributed by atoms with Gasteiger partial charge in [-0.25, -0.2) is 0 Å². The Labute approximate surface area is 51.3 Å². The van der Waals surface area contributed by atoms with E-state index in [2.05, 4.69) is 25.3 Å². The molecule has 0 aromatic rings. The molecule has 1 N–H and O–H groups in total. The third-order valence-electron chi connectivity index (χ3n) is 0.214. The minimum absolute atomic E-state index is 0.694. The maximum atomic E-state index is 9.74. The Morgan fingerprint density at radius 3 is 1.43 bits per heavy atom. The van der Waals surface area contributed by atoms with E-state index in [1.807, 2.05) is 0 Å². The van der Waals surface area contributed by atoms with Crippen LogP contribution in [0.5, 0.6) is 0 Å². The van der Waals surface area contributed by atoms with Gasteiger partial charge in [-0.3, -0.25) is 14.9 Å². The molecular weight excluding hydrogens is 134 g/mol. The summed E-state index contributed by atoms with van der Waals surface area (Å²) in [5.74, 6) is 0. The van der Waals surface area contributed by atoms with Crippen LogP contribution in [0, 0.1) is 0 Å². The zero-order valence-corrected chi connectivity index (χ0v) is 5.00. The van der Waals surface area contributed by atoms with Gasteiger partial charge in [0.05, 0.1) is 0 Å². The van der Waals surface area contributed by atoms with E-state index in [0.29, 0.717) is 0 Å². The number of imide groups is 1. The minimum atomic E-state index is -0.694. The summed E-state index contributed by atoms with van der Waals surface area (Å²) < 4.78 is 0. The van der Waals surface area contributed by atoms with Gasteiger partial charge in [-0.05, 0) is 0 Å². The maximum absolute atomic E-state index is 9.74.